The van der Waals surface area contributed by atoms with Gasteiger partial charge in [0.2, 0.25) is 0 Å². The molecule has 0 saturated carbocycles. The molecule has 0 bridgehead atoms. The van der Waals surface area contributed by atoms with E-state index in [1.807, 2.05) is 13.0 Å². The molecule has 0 aliphatic heterocycles. The summed E-state index contributed by atoms with van der Waals surface area (Å²) in [7, 11) is 0. The van der Waals surface area contributed by atoms with Gasteiger partial charge in [0, 0.05) is 6.08 Å². The van der Waals surface area contributed by atoms with Crippen LogP contribution in [0.2, 0.25) is 0 Å². The fourth-order valence-corrected chi connectivity index (χ4v) is 1.88. The minimum absolute atomic E-state index is 0.812. The summed E-state index contributed by atoms with van der Waals surface area (Å²) >= 11 is 0. The highest BCUT2D eigenvalue weighted by Crippen LogP contribution is 2.29. The first-order chi connectivity index (χ1) is 7.00. The van der Waals surface area contributed by atoms with E-state index in [4.69, 9.17) is 5.11 Å². The van der Waals surface area contributed by atoms with Gasteiger partial charge in [-0.05, 0) is 56.8 Å². The van der Waals surface area contributed by atoms with Gasteiger partial charge in [0.05, 0.1) is 0 Å². The molecule has 0 radical (unpaired) electrons. The van der Waals surface area contributed by atoms with Gasteiger partial charge in [-0.3, -0.25) is 0 Å². The Morgan fingerprint density at radius 3 is 2.60 bits per heavy atom. The Bertz CT molecular complexity index is 357. The average molecular weight is 206 g/mol. The van der Waals surface area contributed by atoms with Crippen LogP contribution in [0.4, 0.5) is 0 Å². The van der Waals surface area contributed by atoms with Crippen LogP contribution in [0.5, 0.6) is 0 Å². The Balaban J connectivity index is 2.93. The normalized spacial score (nSPS) is 21.0. The first-order valence-corrected chi connectivity index (χ1v) is 5.29. The van der Waals surface area contributed by atoms with Crippen LogP contribution in [-0.2, 0) is 4.79 Å². The highest BCUT2D eigenvalue weighted by atomic mass is 16.4. The van der Waals surface area contributed by atoms with Crippen LogP contribution in [0.25, 0.3) is 0 Å². The molecule has 0 aromatic carbocycles. The Morgan fingerprint density at radius 1 is 1.33 bits per heavy atom. The van der Waals surface area contributed by atoms with Gasteiger partial charge >= 0.3 is 5.97 Å². The molecule has 2 nitrogen and oxygen atoms in total. The average Bonchev–Trinajstić information content (AvgIpc) is 2.11. The zero-order valence-electron chi connectivity index (χ0n) is 9.63. The number of hydrogen-bond acceptors (Lipinski definition) is 1. The van der Waals surface area contributed by atoms with Crippen LogP contribution in [0.15, 0.2) is 34.4 Å². The summed E-state index contributed by atoms with van der Waals surface area (Å²) in [5.74, 6) is -0.876. The maximum Gasteiger partial charge on any atom is 0.328 e. The smallest absolute Gasteiger partial charge is 0.328 e. The van der Waals surface area contributed by atoms with E-state index in [9.17, 15) is 4.79 Å². The van der Waals surface area contributed by atoms with Crippen molar-refractivity contribution in [2.24, 2.45) is 0 Å². The number of aliphatic carboxylic acids is 1. The molecule has 0 atom stereocenters. The lowest BCUT2D eigenvalue weighted by molar-refractivity contribution is -0.131. The van der Waals surface area contributed by atoms with Crippen LogP contribution in [0, 0.1) is 0 Å². The Labute approximate surface area is 91.0 Å². The molecular formula is C13H18O2. The van der Waals surface area contributed by atoms with E-state index in [-0.39, 0.29) is 0 Å². The molecule has 0 unspecified atom stereocenters. The fraction of sp³-hybridized carbons (Fsp3) is 0.462. The second-order valence-electron chi connectivity index (χ2n) is 4.16. The molecule has 82 valence electrons. The van der Waals surface area contributed by atoms with Crippen molar-refractivity contribution < 1.29 is 9.90 Å². The molecule has 1 N–H and O–H groups in total. The molecule has 0 fully saturated rings. The quantitative estimate of drug-likeness (QED) is 0.702. The SMILES string of the molecule is CC1=C(C)/C(=C/C(C)=C\C(=O)O)CCC1. The van der Waals surface area contributed by atoms with Gasteiger partial charge in [0.1, 0.15) is 0 Å². The number of hydrogen-bond donors (Lipinski definition) is 1. The third-order valence-corrected chi connectivity index (χ3v) is 2.87. The summed E-state index contributed by atoms with van der Waals surface area (Å²) < 4.78 is 0. The Kier molecular flexibility index (Phi) is 3.89. The molecule has 1 rings (SSSR count). The standard InChI is InChI=1S/C13H18O2/c1-9(8-13(14)15)7-12-6-4-5-10(2)11(12)3/h7-8H,4-6H2,1-3H3,(H,14,15)/b9-8-,12-7+. The third kappa shape index (κ3) is 3.39. The van der Waals surface area contributed by atoms with Crippen LogP contribution in [-0.4, -0.2) is 11.1 Å². The summed E-state index contributed by atoms with van der Waals surface area (Å²) in [5.41, 5.74) is 4.86. The van der Waals surface area contributed by atoms with Crippen molar-refractivity contribution in [3.63, 3.8) is 0 Å². The number of carbonyl (C=O) groups is 1. The van der Waals surface area contributed by atoms with Gasteiger partial charge in [-0.2, -0.15) is 0 Å². The Hall–Kier alpha value is -1.31. The predicted octanol–water partition coefficient (Wildman–Crippen LogP) is 3.46. The lowest BCUT2D eigenvalue weighted by atomic mass is 9.88. The maximum atomic E-state index is 10.5. The summed E-state index contributed by atoms with van der Waals surface area (Å²) in [6, 6.07) is 0. The fourth-order valence-electron chi connectivity index (χ4n) is 1.88. The minimum atomic E-state index is -0.876. The van der Waals surface area contributed by atoms with Crippen molar-refractivity contribution >= 4 is 5.97 Å². The first kappa shape index (κ1) is 11.8. The lowest BCUT2D eigenvalue weighted by Crippen LogP contribution is -1.99. The van der Waals surface area contributed by atoms with Crippen molar-refractivity contribution in [2.75, 3.05) is 0 Å². The molecule has 0 amide bonds. The lowest BCUT2D eigenvalue weighted by Gasteiger charge is -2.18. The Morgan fingerprint density at radius 2 is 2.00 bits per heavy atom. The van der Waals surface area contributed by atoms with Gasteiger partial charge in [-0.15, -0.1) is 0 Å². The predicted molar refractivity (Wildman–Crippen MR) is 61.7 cm³/mol. The van der Waals surface area contributed by atoms with Crippen molar-refractivity contribution in [3.05, 3.63) is 34.4 Å². The second kappa shape index (κ2) is 4.96. The molecule has 0 spiro atoms. The van der Waals surface area contributed by atoms with Crippen molar-refractivity contribution in [1.29, 1.82) is 0 Å². The summed E-state index contributed by atoms with van der Waals surface area (Å²) in [6.07, 6.45) is 6.66. The third-order valence-electron chi connectivity index (χ3n) is 2.87. The van der Waals surface area contributed by atoms with E-state index in [1.54, 1.807) is 0 Å². The van der Waals surface area contributed by atoms with Crippen molar-refractivity contribution in [1.82, 2.24) is 0 Å². The van der Waals surface area contributed by atoms with Crippen molar-refractivity contribution in [3.8, 4) is 0 Å². The molecule has 0 heterocycles. The monoisotopic (exact) mass is 206 g/mol. The van der Waals surface area contributed by atoms with Gasteiger partial charge in [-0.25, -0.2) is 4.79 Å². The highest BCUT2D eigenvalue weighted by molar-refractivity contribution is 5.81. The van der Waals surface area contributed by atoms with E-state index in [2.05, 4.69) is 13.8 Å². The van der Waals surface area contributed by atoms with Gasteiger partial charge in [0.25, 0.3) is 0 Å². The van der Waals surface area contributed by atoms with Gasteiger partial charge in [-0.1, -0.05) is 11.6 Å². The first-order valence-electron chi connectivity index (χ1n) is 5.29. The molecule has 0 saturated heterocycles. The zero-order valence-corrected chi connectivity index (χ0v) is 9.63. The largest absolute Gasteiger partial charge is 0.478 e. The second-order valence-corrected chi connectivity index (χ2v) is 4.16. The van der Waals surface area contributed by atoms with E-state index in [1.165, 1.54) is 35.6 Å². The summed E-state index contributed by atoms with van der Waals surface area (Å²) in [4.78, 5) is 10.5. The maximum absolute atomic E-state index is 10.5. The molecule has 15 heavy (non-hydrogen) atoms. The molecule has 0 aromatic rings. The highest BCUT2D eigenvalue weighted by Gasteiger charge is 2.10. The molecule has 1 aliphatic carbocycles. The minimum Gasteiger partial charge on any atom is -0.478 e. The van der Waals surface area contributed by atoms with E-state index < -0.39 is 5.97 Å². The van der Waals surface area contributed by atoms with E-state index in [0.29, 0.717) is 0 Å². The van der Waals surface area contributed by atoms with Crippen LogP contribution >= 0.6 is 0 Å². The topological polar surface area (TPSA) is 37.3 Å². The molecule has 0 aromatic heterocycles. The number of carboxylic acid groups (broad SMARTS) is 1. The van der Waals surface area contributed by atoms with Gasteiger partial charge < -0.3 is 5.11 Å². The summed E-state index contributed by atoms with van der Waals surface area (Å²) in [5, 5.41) is 8.61. The summed E-state index contributed by atoms with van der Waals surface area (Å²) in [6.45, 7) is 6.10. The zero-order chi connectivity index (χ0) is 11.4. The molecular weight excluding hydrogens is 188 g/mol. The molecule has 1 aliphatic rings. The van der Waals surface area contributed by atoms with E-state index in [0.717, 1.165) is 12.0 Å². The van der Waals surface area contributed by atoms with Crippen LogP contribution in [0.3, 0.4) is 0 Å². The number of carboxylic acids is 1. The number of allylic oxidation sites excluding steroid dienone is 5. The number of rotatable bonds is 2. The van der Waals surface area contributed by atoms with Crippen molar-refractivity contribution in [2.45, 2.75) is 40.0 Å². The molecule has 2 heteroatoms. The van der Waals surface area contributed by atoms with Crippen LogP contribution < -0.4 is 0 Å². The van der Waals surface area contributed by atoms with Gasteiger partial charge in [0.15, 0.2) is 0 Å². The van der Waals surface area contributed by atoms with Crippen LogP contribution in [0.1, 0.15) is 40.0 Å². The van der Waals surface area contributed by atoms with E-state index >= 15 is 0 Å².